The highest BCUT2D eigenvalue weighted by Gasteiger charge is 2.04. The second kappa shape index (κ2) is 5.19. The van der Waals surface area contributed by atoms with Crippen LogP contribution >= 0.6 is 0 Å². The zero-order valence-electron chi connectivity index (χ0n) is 10.1. The Labute approximate surface area is 106 Å². The molecule has 0 aliphatic heterocycles. The van der Waals surface area contributed by atoms with Gasteiger partial charge in [-0.3, -0.25) is 0 Å². The molecule has 0 saturated heterocycles. The summed E-state index contributed by atoms with van der Waals surface area (Å²) < 4.78 is 0. The minimum absolute atomic E-state index is 0.442. The standard InChI is InChI=1S/C14H14N4/c1-2-10-4-3-5-13(6-10)18-14-11(8-15)7-12(16)9-17-14/h3-7,9H,2,16H2,1H3,(H,17,18). The number of hydrogen-bond donors (Lipinski definition) is 2. The van der Waals surface area contributed by atoms with Gasteiger partial charge in [-0.15, -0.1) is 0 Å². The van der Waals surface area contributed by atoms with Crippen LogP contribution < -0.4 is 11.1 Å². The highest BCUT2D eigenvalue weighted by Crippen LogP contribution is 2.20. The van der Waals surface area contributed by atoms with Gasteiger partial charge in [-0.25, -0.2) is 4.98 Å². The van der Waals surface area contributed by atoms with E-state index in [4.69, 9.17) is 11.0 Å². The molecule has 0 saturated carbocycles. The molecule has 2 aromatic rings. The number of rotatable bonds is 3. The zero-order valence-corrected chi connectivity index (χ0v) is 10.1. The van der Waals surface area contributed by atoms with E-state index in [9.17, 15) is 0 Å². The van der Waals surface area contributed by atoms with Gasteiger partial charge in [0, 0.05) is 5.69 Å². The van der Waals surface area contributed by atoms with Crippen LogP contribution in [0.15, 0.2) is 36.5 Å². The van der Waals surface area contributed by atoms with E-state index in [-0.39, 0.29) is 0 Å². The van der Waals surface area contributed by atoms with Gasteiger partial charge in [-0.1, -0.05) is 19.1 Å². The Kier molecular flexibility index (Phi) is 3.44. The first-order valence-electron chi connectivity index (χ1n) is 5.74. The Morgan fingerprint density at radius 1 is 1.39 bits per heavy atom. The van der Waals surface area contributed by atoms with Crippen LogP contribution in [0.2, 0.25) is 0 Å². The summed E-state index contributed by atoms with van der Waals surface area (Å²) in [6, 6.07) is 11.7. The monoisotopic (exact) mass is 238 g/mol. The molecule has 2 rings (SSSR count). The van der Waals surface area contributed by atoms with E-state index >= 15 is 0 Å². The van der Waals surface area contributed by atoms with Crippen molar-refractivity contribution >= 4 is 17.2 Å². The van der Waals surface area contributed by atoms with E-state index in [1.807, 2.05) is 18.2 Å². The second-order valence-corrected chi connectivity index (χ2v) is 3.96. The summed E-state index contributed by atoms with van der Waals surface area (Å²) in [5.41, 5.74) is 8.68. The third kappa shape index (κ3) is 2.58. The first-order valence-corrected chi connectivity index (χ1v) is 5.74. The summed E-state index contributed by atoms with van der Waals surface area (Å²) in [6.07, 6.45) is 2.50. The van der Waals surface area contributed by atoms with Crippen LogP contribution in [0.3, 0.4) is 0 Å². The number of pyridine rings is 1. The number of anilines is 3. The van der Waals surface area contributed by atoms with Crippen LogP contribution in [0.1, 0.15) is 18.1 Å². The topological polar surface area (TPSA) is 74.7 Å². The molecule has 4 heteroatoms. The van der Waals surface area contributed by atoms with Crippen molar-refractivity contribution in [2.75, 3.05) is 11.1 Å². The lowest BCUT2D eigenvalue weighted by molar-refractivity contribution is 1.14. The van der Waals surface area contributed by atoms with Gasteiger partial charge in [-0.2, -0.15) is 5.26 Å². The number of nitrogens with two attached hydrogens (primary N) is 1. The lowest BCUT2D eigenvalue weighted by Crippen LogP contribution is -1.99. The second-order valence-electron chi connectivity index (χ2n) is 3.96. The molecule has 0 aliphatic rings. The maximum Gasteiger partial charge on any atom is 0.148 e. The Morgan fingerprint density at radius 2 is 2.22 bits per heavy atom. The van der Waals surface area contributed by atoms with Gasteiger partial charge in [0.1, 0.15) is 11.9 Å². The summed E-state index contributed by atoms with van der Waals surface area (Å²) in [4.78, 5) is 4.14. The predicted molar refractivity (Wildman–Crippen MR) is 72.5 cm³/mol. The molecule has 0 aliphatic carbocycles. The number of aromatic nitrogens is 1. The third-order valence-electron chi connectivity index (χ3n) is 2.63. The first kappa shape index (κ1) is 11.9. The first-order chi connectivity index (χ1) is 8.72. The summed E-state index contributed by atoms with van der Waals surface area (Å²) in [5, 5.41) is 12.2. The van der Waals surface area contributed by atoms with Crippen LogP contribution in [0, 0.1) is 11.3 Å². The van der Waals surface area contributed by atoms with Gasteiger partial charge >= 0.3 is 0 Å². The molecule has 3 N–H and O–H groups in total. The van der Waals surface area contributed by atoms with Gasteiger partial charge in [0.25, 0.3) is 0 Å². The smallest absolute Gasteiger partial charge is 0.148 e. The van der Waals surface area contributed by atoms with Crippen LogP contribution in [-0.4, -0.2) is 4.98 Å². The van der Waals surface area contributed by atoms with E-state index in [0.29, 0.717) is 17.1 Å². The lowest BCUT2D eigenvalue weighted by atomic mass is 10.1. The Balaban J connectivity index is 2.31. The van der Waals surface area contributed by atoms with Gasteiger partial charge in [0.05, 0.1) is 17.4 Å². The van der Waals surface area contributed by atoms with Crippen LogP contribution in [-0.2, 0) is 6.42 Å². The number of aryl methyl sites for hydroxylation is 1. The van der Waals surface area contributed by atoms with Crippen LogP contribution in [0.4, 0.5) is 17.2 Å². The maximum atomic E-state index is 9.04. The fraction of sp³-hybridized carbons (Fsp3) is 0.143. The largest absolute Gasteiger partial charge is 0.397 e. The quantitative estimate of drug-likeness (QED) is 0.862. The van der Waals surface area contributed by atoms with E-state index in [1.165, 1.54) is 11.8 Å². The molecule has 0 unspecified atom stereocenters. The van der Waals surface area contributed by atoms with Gasteiger partial charge in [0.15, 0.2) is 0 Å². The van der Waals surface area contributed by atoms with Crippen molar-refractivity contribution in [2.24, 2.45) is 0 Å². The van der Waals surface area contributed by atoms with E-state index in [0.717, 1.165) is 12.1 Å². The molecule has 0 amide bonds. The van der Waals surface area contributed by atoms with Gasteiger partial charge < -0.3 is 11.1 Å². The van der Waals surface area contributed by atoms with Crippen molar-refractivity contribution in [3.63, 3.8) is 0 Å². The number of hydrogen-bond acceptors (Lipinski definition) is 4. The number of nitrogens with one attached hydrogen (secondary N) is 1. The molecule has 1 aromatic carbocycles. The van der Waals surface area contributed by atoms with Crippen molar-refractivity contribution in [3.05, 3.63) is 47.7 Å². The normalized spacial score (nSPS) is 9.78. The molecule has 1 heterocycles. The Bertz CT molecular complexity index is 599. The Hall–Kier alpha value is -2.54. The average molecular weight is 238 g/mol. The molecule has 0 radical (unpaired) electrons. The Morgan fingerprint density at radius 3 is 2.94 bits per heavy atom. The van der Waals surface area contributed by atoms with Crippen molar-refractivity contribution in [2.45, 2.75) is 13.3 Å². The number of nitrogen functional groups attached to an aromatic ring is 1. The molecule has 0 fully saturated rings. The highest BCUT2D eigenvalue weighted by molar-refractivity contribution is 5.65. The van der Waals surface area contributed by atoms with E-state index in [1.54, 1.807) is 6.07 Å². The van der Waals surface area contributed by atoms with Gasteiger partial charge in [0.2, 0.25) is 0 Å². The molecule has 0 atom stereocenters. The van der Waals surface area contributed by atoms with Crippen molar-refractivity contribution < 1.29 is 0 Å². The minimum Gasteiger partial charge on any atom is -0.397 e. The maximum absolute atomic E-state index is 9.04. The zero-order chi connectivity index (χ0) is 13.0. The average Bonchev–Trinajstić information content (AvgIpc) is 2.41. The number of benzene rings is 1. The summed E-state index contributed by atoms with van der Waals surface area (Å²) >= 11 is 0. The van der Waals surface area contributed by atoms with Crippen molar-refractivity contribution in [1.29, 1.82) is 5.26 Å². The molecule has 90 valence electrons. The molecule has 18 heavy (non-hydrogen) atoms. The minimum atomic E-state index is 0.442. The van der Waals surface area contributed by atoms with Crippen molar-refractivity contribution in [1.82, 2.24) is 4.98 Å². The lowest BCUT2D eigenvalue weighted by Gasteiger charge is -2.08. The fourth-order valence-corrected chi connectivity index (χ4v) is 1.67. The summed E-state index contributed by atoms with van der Waals surface area (Å²) in [7, 11) is 0. The predicted octanol–water partition coefficient (Wildman–Crippen LogP) is 2.84. The van der Waals surface area contributed by atoms with E-state index in [2.05, 4.69) is 29.4 Å². The number of nitrogens with zero attached hydrogens (tertiary/aromatic N) is 2. The molecular formula is C14H14N4. The summed E-state index contributed by atoms with van der Waals surface area (Å²) in [5.74, 6) is 0.528. The highest BCUT2D eigenvalue weighted by atomic mass is 15.0. The SMILES string of the molecule is CCc1cccc(Nc2ncc(N)cc2C#N)c1. The fourth-order valence-electron chi connectivity index (χ4n) is 1.67. The molecular weight excluding hydrogens is 224 g/mol. The van der Waals surface area contributed by atoms with E-state index < -0.39 is 0 Å². The third-order valence-corrected chi connectivity index (χ3v) is 2.63. The molecule has 1 aromatic heterocycles. The van der Waals surface area contributed by atoms with Gasteiger partial charge in [-0.05, 0) is 30.2 Å². The summed E-state index contributed by atoms with van der Waals surface area (Å²) in [6.45, 7) is 2.10. The van der Waals surface area contributed by atoms with Crippen LogP contribution in [0.5, 0.6) is 0 Å². The van der Waals surface area contributed by atoms with Crippen molar-refractivity contribution in [3.8, 4) is 6.07 Å². The molecule has 0 bridgehead atoms. The molecule has 4 nitrogen and oxygen atoms in total. The number of nitriles is 1. The van der Waals surface area contributed by atoms with Crippen LogP contribution in [0.25, 0.3) is 0 Å². The molecule has 0 spiro atoms.